The van der Waals surface area contributed by atoms with Crippen molar-refractivity contribution in [3.05, 3.63) is 76.8 Å². The number of rotatable bonds is 6. The van der Waals surface area contributed by atoms with Crippen LogP contribution in [0.2, 0.25) is 5.02 Å². The number of halogens is 1. The molecule has 2 N–H and O–H groups in total. The van der Waals surface area contributed by atoms with Crippen molar-refractivity contribution >= 4 is 11.6 Å². The molecule has 142 valence electrons. The topological polar surface area (TPSA) is 81.6 Å². The van der Waals surface area contributed by atoms with Crippen LogP contribution in [0.25, 0.3) is 22.7 Å². The van der Waals surface area contributed by atoms with E-state index in [2.05, 4.69) is 27.6 Å². The molecule has 0 amide bonds. The molecule has 0 fully saturated rings. The predicted octanol–water partition coefficient (Wildman–Crippen LogP) is 4.18. The minimum Gasteiger partial charge on any atom is -0.415 e. The molecule has 0 spiro atoms. The van der Waals surface area contributed by atoms with Crippen molar-refractivity contribution in [3.63, 3.8) is 0 Å². The number of hydrogen-bond donors (Lipinski definition) is 1. The van der Waals surface area contributed by atoms with Crippen molar-refractivity contribution in [2.75, 3.05) is 0 Å². The van der Waals surface area contributed by atoms with E-state index in [9.17, 15) is 0 Å². The maximum absolute atomic E-state index is 6.28. The lowest BCUT2D eigenvalue weighted by molar-refractivity contribution is -0.709. The van der Waals surface area contributed by atoms with E-state index < -0.39 is 0 Å². The van der Waals surface area contributed by atoms with Crippen molar-refractivity contribution in [1.29, 1.82) is 0 Å². The molecule has 0 saturated carbocycles. The molecule has 1 atom stereocenters. The Bertz CT molecular complexity index is 1070. The average Bonchev–Trinajstić information content (AvgIpc) is 3.33. The molecule has 2 aromatic heterocycles. The smallest absolute Gasteiger partial charge is 0.271 e. The molecule has 0 bridgehead atoms. The van der Waals surface area contributed by atoms with Gasteiger partial charge in [-0.15, -0.1) is 10.2 Å². The largest absolute Gasteiger partial charge is 0.415 e. The summed E-state index contributed by atoms with van der Waals surface area (Å²) in [6.07, 6.45) is 0. The normalized spacial score (nSPS) is 12.2. The summed E-state index contributed by atoms with van der Waals surface area (Å²) in [6.45, 7) is 4.48. The molecule has 2 aromatic carbocycles. The Hall–Kier alpha value is -2.96. The van der Waals surface area contributed by atoms with Gasteiger partial charge in [-0.1, -0.05) is 65.3 Å². The maximum Gasteiger partial charge on any atom is 0.271 e. The van der Waals surface area contributed by atoms with Crippen LogP contribution in [0.1, 0.15) is 30.2 Å². The van der Waals surface area contributed by atoms with Crippen LogP contribution < -0.4 is 5.32 Å². The molecule has 0 radical (unpaired) electrons. The highest BCUT2D eigenvalue weighted by atomic mass is 35.5. The molecule has 0 unspecified atom stereocenters. The minimum absolute atomic E-state index is 0.168. The van der Waals surface area contributed by atoms with Crippen LogP contribution >= 0.6 is 11.6 Å². The second kappa shape index (κ2) is 7.96. The summed E-state index contributed by atoms with van der Waals surface area (Å²) < 4.78 is 11.3. The van der Waals surface area contributed by atoms with Gasteiger partial charge in [-0.25, -0.2) is 0 Å². The fourth-order valence-electron chi connectivity index (χ4n) is 3.10. The highest BCUT2D eigenvalue weighted by Gasteiger charge is 2.22. The van der Waals surface area contributed by atoms with Crippen molar-refractivity contribution in [2.24, 2.45) is 0 Å². The van der Waals surface area contributed by atoms with E-state index in [0.29, 0.717) is 29.8 Å². The third-order valence-corrected chi connectivity index (χ3v) is 4.98. The first-order valence-corrected chi connectivity index (χ1v) is 9.43. The van der Waals surface area contributed by atoms with Gasteiger partial charge in [-0.3, -0.25) is 0 Å². The molecule has 0 aliphatic carbocycles. The number of aromatic nitrogens is 3. The molecule has 0 aliphatic rings. The summed E-state index contributed by atoms with van der Waals surface area (Å²) in [5.41, 5.74) is 3.43. The minimum atomic E-state index is 0.168. The zero-order chi connectivity index (χ0) is 19.5. The first-order chi connectivity index (χ1) is 13.6. The molecular formula is C21H20ClN4O2+. The van der Waals surface area contributed by atoms with Crippen LogP contribution in [0, 0.1) is 6.92 Å². The van der Waals surface area contributed by atoms with Crippen LogP contribution in [0.4, 0.5) is 0 Å². The number of aryl methyl sites for hydroxylation is 1. The van der Waals surface area contributed by atoms with Crippen molar-refractivity contribution in [2.45, 2.75) is 26.4 Å². The van der Waals surface area contributed by atoms with Crippen molar-refractivity contribution in [1.82, 2.24) is 15.4 Å². The van der Waals surface area contributed by atoms with Crippen LogP contribution in [-0.4, -0.2) is 15.4 Å². The van der Waals surface area contributed by atoms with E-state index in [4.69, 9.17) is 20.5 Å². The van der Waals surface area contributed by atoms with E-state index in [1.54, 1.807) is 0 Å². The Kier molecular flexibility index (Phi) is 5.23. The van der Waals surface area contributed by atoms with E-state index in [-0.39, 0.29) is 6.04 Å². The molecule has 6 nitrogen and oxygen atoms in total. The number of hydrogen-bond acceptors (Lipinski definition) is 5. The summed E-state index contributed by atoms with van der Waals surface area (Å²) in [5.74, 6) is 1.59. The number of nitrogens with two attached hydrogens (primary N) is 1. The Labute approximate surface area is 167 Å². The number of quaternary nitrogens is 1. The fraction of sp³-hybridized carbons (Fsp3) is 0.190. The Morgan fingerprint density at radius 2 is 1.79 bits per heavy atom. The molecule has 28 heavy (non-hydrogen) atoms. The summed E-state index contributed by atoms with van der Waals surface area (Å²) in [5, 5.41) is 15.4. The average molecular weight is 396 g/mol. The first kappa shape index (κ1) is 18.4. The van der Waals surface area contributed by atoms with Gasteiger partial charge in [0.2, 0.25) is 0 Å². The standard InChI is InChI=1S/C21H19ClN4O2/c1-13(16-10-6-7-11-17(16)22)23-12-18-24-25-21(27-18)19-14(2)28-26-20(19)15-8-4-3-5-9-15/h3-11,13,23H,12H2,1-2H3/p+1/t13-/m1/s1. The predicted molar refractivity (Wildman–Crippen MR) is 105 cm³/mol. The lowest BCUT2D eigenvalue weighted by Gasteiger charge is -2.10. The monoisotopic (exact) mass is 395 g/mol. The van der Waals surface area contributed by atoms with Gasteiger partial charge in [0, 0.05) is 16.1 Å². The zero-order valence-corrected chi connectivity index (χ0v) is 16.3. The second-order valence-electron chi connectivity index (χ2n) is 6.58. The third kappa shape index (κ3) is 3.69. The molecule has 0 saturated heterocycles. The van der Waals surface area contributed by atoms with E-state index in [0.717, 1.165) is 21.7 Å². The quantitative estimate of drug-likeness (QED) is 0.529. The maximum atomic E-state index is 6.28. The van der Waals surface area contributed by atoms with Gasteiger partial charge in [0.15, 0.2) is 6.54 Å². The van der Waals surface area contributed by atoms with Crippen molar-refractivity contribution < 1.29 is 14.3 Å². The van der Waals surface area contributed by atoms with Gasteiger partial charge in [0.1, 0.15) is 23.1 Å². The van der Waals surface area contributed by atoms with Crippen LogP contribution in [-0.2, 0) is 6.54 Å². The summed E-state index contributed by atoms with van der Waals surface area (Å²) in [7, 11) is 0. The van der Waals surface area contributed by atoms with Crippen LogP contribution in [0.5, 0.6) is 0 Å². The molecule has 7 heteroatoms. The van der Waals surface area contributed by atoms with Gasteiger partial charge < -0.3 is 14.3 Å². The highest BCUT2D eigenvalue weighted by Crippen LogP contribution is 2.33. The summed E-state index contributed by atoms with van der Waals surface area (Å²) >= 11 is 6.28. The van der Waals surface area contributed by atoms with Gasteiger partial charge in [0.05, 0.1) is 0 Å². The zero-order valence-electron chi connectivity index (χ0n) is 15.6. The Morgan fingerprint density at radius 3 is 2.57 bits per heavy atom. The van der Waals surface area contributed by atoms with Gasteiger partial charge in [-0.05, 0) is 19.9 Å². The lowest BCUT2D eigenvalue weighted by atomic mass is 10.1. The summed E-state index contributed by atoms with van der Waals surface area (Å²) in [6, 6.07) is 17.8. The van der Waals surface area contributed by atoms with E-state index >= 15 is 0 Å². The molecular weight excluding hydrogens is 376 g/mol. The van der Waals surface area contributed by atoms with Gasteiger partial charge >= 0.3 is 0 Å². The van der Waals surface area contributed by atoms with E-state index in [1.165, 1.54) is 0 Å². The van der Waals surface area contributed by atoms with Crippen molar-refractivity contribution in [3.8, 4) is 22.7 Å². The molecule has 4 aromatic rings. The lowest BCUT2D eigenvalue weighted by Crippen LogP contribution is -2.83. The van der Waals surface area contributed by atoms with Gasteiger partial charge in [0.25, 0.3) is 11.8 Å². The molecule has 2 heterocycles. The SMILES string of the molecule is Cc1onc(-c2ccccc2)c1-c1nnc(C[NH2+][C@H](C)c2ccccc2Cl)o1. The number of benzene rings is 2. The van der Waals surface area contributed by atoms with Gasteiger partial charge in [-0.2, -0.15) is 0 Å². The molecule has 4 rings (SSSR count). The van der Waals surface area contributed by atoms with E-state index in [1.807, 2.05) is 61.5 Å². The molecule has 0 aliphatic heterocycles. The fourth-order valence-corrected chi connectivity index (χ4v) is 3.41. The summed E-state index contributed by atoms with van der Waals surface area (Å²) in [4.78, 5) is 0. The third-order valence-electron chi connectivity index (χ3n) is 4.63. The Morgan fingerprint density at radius 1 is 1.04 bits per heavy atom. The van der Waals surface area contributed by atoms with Crippen LogP contribution in [0.3, 0.4) is 0 Å². The second-order valence-corrected chi connectivity index (χ2v) is 6.99. The first-order valence-electron chi connectivity index (χ1n) is 9.05. The highest BCUT2D eigenvalue weighted by molar-refractivity contribution is 6.31. The van der Waals surface area contributed by atoms with Crippen LogP contribution in [0.15, 0.2) is 63.5 Å². The Balaban J connectivity index is 1.53. The number of nitrogens with zero attached hydrogens (tertiary/aromatic N) is 3.